The summed E-state index contributed by atoms with van der Waals surface area (Å²) in [6.07, 6.45) is 1.48. The number of halogens is 2. The van der Waals surface area contributed by atoms with E-state index in [9.17, 15) is 9.59 Å². The Labute approximate surface area is 203 Å². The zero-order valence-electron chi connectivity index (χ0n) is 16.6. The van der Waals surface area contributed by atoms with E-state index in [4.69, 9.17) is 16.3 Å². The number of nitrogens with zero attached hydrogens (tertiary/aromatic N) is 1. The molecule has 0 atom stereocenters. The van der Waals surface area contributed by atoms with Gasteiger partial charge in [-0.3, -0.25) is 4.79 Å². The minimum absolute atomic E-state index is 0.261. The summed E-state index contributed by atoms with van der Waals surface area (Å²) in [5, 5.41) is 6.19. The van der Waals surface area contributed by atoms with E-state index < -0.39 is 5.97 Å². The maximum Gasteiger partial charge on any atom is 0.345 e. The van der Waals surface area contributed by atoms with Gasteiger partial charge in [0.05, 0.1) is 22.4 Å². The van der Waals surface area contributed by atoms with Crippen molar-refractivity contribution in [1.29, 1.82) is 0 Å². The van der Waals surface area contributed by atoms with Crippen LogP contribution >= 0.6 is 34.2 Å². The quantitative estimate of drug-likeness (QED) is 0.107. The van der Waals surface area contributed by atoms with E-state index in [1.807, 2.05) is 42.5 Å². The third-order valence-electron chi connectivity index (χ3n) is 4.71. The summed E-state index contributed by atoms with van der Waals surface area (Å²) in [5.41, 5.74) is 3.88. The summed E-state index contributed by atoms with van der Waals surface area (Å²) in [6, 6.07) is 25.1. The van der Waals surface area contributed by atoms with Gasteiger partial charge in [-0.05, 0) is 63.7 Å². The number of carbonyl (C=O) groups excluding carboxylic acids is 2. The molecular formula is C25H16ClIN2O3. The van der Waals surface area contributed by atoms with E-state index in [-0.39, 0.29) is 11.5 Å². The molecule has 5 nitrogen and oxygen atoms in total. The molecule has 0 saturated carbocycles. The predicted octanol–water partition coefficient (Wildman–Crippen LogP) is 6.08. The van der Waals surface area contributed by atoms with Gasteiger partial charge in [0.25, 0.3) is 5.91 Å². The third-order valence-corrected chi connectivity index (χ3v) is 5.98. The number of rotatable bonds is 5. The van der Waals surface area contributed by atoms with Crippen molar-refractivity contribution in [2.24, 2.45) is 5.10 Å². The number of hydrogen-bond acceptors (Lipinski definition) is 4. The summed E-state index contributed by atoms with van der Waals surface area (Å²) in [4.78, 5) is 25.2. The number of nitrogens with one attached hydrogen (secondary N) is 1. The van der Waals surface area contributed by atoms with E-state index in [0.717, 1.165) is 14.3 Å². The number of amides is 1. The van der Waals surface area contributed by atoms with Crippen molar-refractivity contribution in [1.82, 2.24) is 5.43 Å². The average molecular weight is 555 g/mol. The number of hydrogen-bond donors (Lipinski definition) is 1. The average Bonchev–Trinajstić information content (AvgIpc) is 2.80. The van der Waals surface area contributed by atoms with Crippen LogP contribution in [-0.4, -0.2) is 18.1 Å². The molecule has 0 unspecified atom stereocenters. The van der Waals surface area contributed by atoms with E-state index in [0.29, 0.717) is 21.9 Å². The Kier molecular flexibility index (Phi) is 6.82. The van der Waals surface area contributed by atoms with Gasteiger partial charge in [-0.1, -0.05) is 66.2 Å². The highest BCUT2D eigenvalue weighted by Crippen LogP contribution is 2.28. The molecule has 1 amide bonds. The predicted molar refractivity (Wildman–Crippen MR) is 135 cm³/mol. The largest absolute Gasteiger partial charge is 0.422 e. The molecular weight excluding hydrogens is 539 g/mol. The number of ether oxygens (including phenoxy) is 1. The van der Waals surface area contributed by atoms with Crippen LogP contribution in [0.15, 0.2) is 90.0 Å². The van der Waals surface area contributed by atoms with Crippen LogP contribution in [0, 0.1) is 3.57 Å². The minimum Gasteiger partial charge on any atom is -0.422 e. The molecule has 4 aromatic rings. The fourth-order valence-corrected chi connectivity index (χ4v) is 3.99. The van der Waals surface area contributed by atoms with E-state index in [1.54, 1.807) is 42.5 Å². The van der Waals surface area contributed by atoms with E-state index in [2.05, 4.69) is 33.1 Å². The first-order chi connectivity index (χ1) is 15.5. The summed E-state index contributed by atoms with van der Waals surface area (Å²) in [7, 11) is 0. The SMILES string of the molecule is O=C(Oc1ccc2ccccc2c1/C=N\NC(=O)c1ccccc1I)c1ccccc1Cl. The fraction of sp³-hybridized carbons (Fsp3) is 0. The van der Waals surface area contributed by atoms with Crippen molar-refractivity contribution >= 4 is 63.1 Å². The van der Waals surface area contributed by atoms with Crippen molar-refractivity contribution in [3.63, 3.8) is 0 Å². The van der Waals surface area contributed by atoms with Crippen molar-refractivity contribution in [2.45, 2.75) is 0 Å². The second kappa shape index (κ2) is 9.93. The summed E-state index contributed by atoms with van der Waals surface area (Å²) in [5.74, 6) is -0.606. The second-order valence-corrected chi connectivity index (χ2v) is 8.32. The standard InChI is InChI=1S/C25H16ClIN2O3/c26-21-11-5-3-9-18(21)25(31)32-23-14-13-16-7-1-2-8-17(16)20(23)15-28-29-24(30)19-10-4-6-12-22(19)27/h1-15H,(H,29,30)/b28-15-. The van der Waals surface area contributed by atoms with Crippen LogP contribution in [0.3, 0.4) is 0 Å². The molecule has 4 aromatic carbocycles. The van der Waals surface area contributed by atoms with Gasteiger partial charge in [0.2, 0.25) is 0 Å². The smallest absolute Gasteiger partial charge is 0.345 e. The lowest BCUT2D eigenvalue weighted by molar-refractivity contribution is 0.0734. The lowest BCUT2D eigenvalue weighted by atomic mass is 10.0. The van der Waals surface area contributed by atoms with Crippen LogP contribution in [0.1, 0.15) is 26.3 Å². The number of fused-ring (bicyclic) bond motifs is 1. The van der Waals surface area contributed by atoms with Gasteiger partial charge in [0.1, 0.15) is 5.75 Å². The molecule has 0 radical (unpaired) electrons. The Morgan fingerprint density at radius 1 is 0.875 bits per heavy atom. The molecule has 0 bridgehead atoms. The fourth-order valence-electron chi connectivity index (χ4n) is 3.14. The molecule has 0 spiro atoms. The molecule has 4 rings (SSSR count). The normalized spacial score (nSPS) is 10.9. The van der Waals surface area contributed by atoms with Gasteiger partial charge < -0.3 is 4.74 Å². The lowest BCUT2D eigenvalue weighted by Gasteiger charge is -2.11. The molecule has 7 heteroatoms. The first kappa shape index (κ1) is 22.0. The molecule has 0 aromatic heterocycles. The topological polar surface area (TPSA) is 67.8 Å². The molecule has 158 valence electrons. The first-order valence-electron chi connectivity index (χ1n) is 9.61. The van der Waals surface area contributed by atoms with Gasteiger partial charge in [-0.25, -0.2) is 10.2 Å². The Morgan fingerprint density at radius 2 is 1.56 bits per heavy atom. The lowest BCUT2D eigenvalue weighted by Crippen LogP contribution is -2.19. The third kappa shape index (κ3) is 4.81. The zero-order valence-corrected chi connectivity index (χ0v) is 19.5. The zero-order chi connectivity index (χ0) is 22.5. The summed E-state index contributed by atoms with van der Waals surface area (Å²) >= 11 is 8.23. The maximum absolute atomic E-state index is 12.7. The Bertz CT molecular complexity index is 1350. The highest BCUT2D eigenvalue weighted by Gasteiger charge is 2.16. The van der Waals surface area contributed by atoms with Crippen molar-refractivity contribution in [3.8, 4) is 5.75 Å². The molecule has 0 heterocycles. The van der Waals surface area contributed by atoms with Crippen LogP contribution in [0.5, 0.6) is 5.75 Å². The minimum atomic E-state index is -0.580. The van der Waals surface area contributed by atoms with Crippen LogP contribution in [0.25, 0.3) is 10.8 Å². The van der Waals surface area contributed by atoms with Crippen molar-refractivity contribution < 1.29 is 14.3 Å². The Balaban J connectivity index is 1.65. The highest BCUT2D eigenvalue weighted by molar-refractivity contribution is 14.1. The Hall–Kier alpha value is -3.23. The molecule has 0 aliphatic carbocycles. The summed E-state index contributed by atoms with van der Waals surface area (Å²) in [6.45, 7) is 0. The maximum atomic E-state index is 12.7. The highest BCUT2D eigenvalue weighted by atomic mass is 127. The van der Waals surface area contributed by atoms with Gasteiger partial charge in [0, 0.05) is 9.13 Å². The van der Waals surface area contributed by atoms with Gasteiger partial charge in [0.15, 0.2) is 0 Å². The van der Waals surface area contributed by atoms with Gasteiger partial charge in [-0.2, -0.15) is 5.10 Å². The number of hydrazone groups is 1. The number of esters is 1. The van der Waals surface area contributed by atoms with E-state index >= 15 is 0 Å². The van der Waals surface area contributed by atoms with Crippen molar-refractivity contribution in [3.05, 3.63) is 110 Å². The molecule has 32 heavy (non-hydrogen) atoms. The van der Waals surface area contributed by atoms with Crippen LogP contribution in [0.4, 0.5) is 0 Å². The Morgan fingerprint density at radius 3 is 2.34 bits per heavy atom. The van der Waals surface area contributed by atoms with Crippen molar-refractivity contribution in [2.75, 3.05) is 0 Å². The van der Waals surface area contributed by atoms with Crippen LogP contribution in [-0.2, 0) is 0 Å². The summed E-state index contributed by atoms with van der Waals surface area (Å²) < 4.78 is 6.47. The molecule has 1 N–H and O–H groups in total. The van der Waals surface area contributed by atoms with Gasteiger partial charge in [-0.15, -0.1) is 0 Å². The van der Waals surface area contributed by atoms with Crippen LogP contribution in [0.2, 0.25) is 5.02 Å². The molecule has 0 saturated heterocycles. The monoisotopic (exact) mass is 554 g/mol. The molecule has 0 fully saturated rings. The van der Waals surface area contributed by atoms with Crippen LogP contribution < -0.4 is 10.2 Å². The number of carbonyl (C=O) groups is 2. The number of benzene rings is 4. The van der Waals surface area contributed by atoms with E-state index in [1.165, 1.54) is 6.21 Å². The molecule has 0 aliphatic heterocycles. The molecule has 0 aliphatic rings. The van der Waals surface area contributed by atoms with Gasteiger partial charge >= 0.3 is 5.97 Å². The first-order valence-corrected chi connectivity index (χ1v) is 11.1. The second-order valence-electron chi connectivity index (χ2n) is 6.75.